The first-order valence-electron chi connectivity index (χ1n) is 8.54. The monoisotopic (exact) mass is 351 g/mol. The lowest BCUT2D eigenvalue weighted by atomic mass is 10.1. The van der Waals surface area contributed by atoms with Crippen LogP contribution in [0.5, 0.6) is 5.75 Å². The Balaban J connectivity index is 1.73. The predicted octanol–water partition coefficient (Wildman–Crippen LogP) is 3.22. The van der Waals surface area contributed by atoms with Crippen LogP contribution in [0.1, 0.15) is 23.6 Å². The fourth-order valence-corrected chi connectivity index (χ4v) is 2.83. The molecule has 0 aliphatic rings. The summed E-state index contributed by atoms with van der Waals surface area (Å²) in [4.78, 5) is 24.0. The van der Waals surface area contributed by atoms with Crippen molar-refractivity contribution in [3.63, 3.8) is 0 Å². The SMILES string of the molecule is CCc1ccc2oc(=O)cc(CNC(=O)Cc3ccc(OC)cc3)c2c1. The van der Waals surface area contributed by atoms with Crippen LogP contribution in [0.2, 0.25) is 0 Å². The lowest BCUT2D eigenvalue weighted by molar-refractivity contribution is -0.120. The van der Waals surface area contributed by atoms with Crippen LogP contribution in [-0.4, -0.2) is 13.0 Å². The number of benzene rings is 2. The fraction of sp³-hybridized carbons (Fsp3) is 0.238. The van der Waals surface area contributed by atoms with Crippen molar-refractivity contribution in [1.29, 1.82) is 0 Å². The molecule has 3 aromatic rings. The van der Waals surface area contributed by atoms with Crippen molar-refractivity contribution in [3.05, 3.63) is 75.6 Å². The Bertz CT molecular complexity index is 973. The van der Waals surface area contributed by atoms with Crippen molar-refractivity contribution in [2.24, 2.45) is 0 Å². The van der Waals surface area contributed by atoms with Crippen LogP contribution in [0.4, 0.5) is 0 Å². The van der Waals surface area contributed by atoms with E-state index < -0.39 is 5.63 Å². The van der Waals surface area contributed by atoms with Gasteiger partial charge in [-0.25, -0.2) is 4.79 Å². The standard InChI is InChI=1S/C21H21NO4/c1-3-14-6-9-19-18(10-14)16(12-21(24)26-19)13-22-20(23)11-15-4-7-17(25-2)8-5-15/h4-10,12H,3,11,13H2,1-2H3,(H,22,23). The molecule has 0 atom stereocenters. The van der Waals surface area contributed by atoms with E-state index in [-0.39, 0.29) is 18.9 Å². The minimum absolute atomic E-state index is 0.108. The number of ether oxygens (including phenoxy) is 1. The molecule has 26 heavy (non-hydrogen) atoms. The fourth-order valence-electron chi connectivity index (χ4n) is 2.83. The zero-order chi connectivity index (χ0) is 18.5. The molecule has 1 amide bonds. The third kappa shape index (κ3) is 4.11. The van der Waals surface area contributed by atoms with E-state index in [1.807, 2.05) is 36.4 Å². The zero-order valence-electron chi connectivity index (χ0n) is 14.9. The summed E-state index contributed by atoms with van der Waals surface area (Å²) in [5, 5.41) is 3.74. The lowest BCUT2D eigenvalue weighted by Gasteiger charge is -2.09. The first-order valence-corrected chi connectivity index (χ1v) is 8.54. The number of hydrogen-bond donors (Lipinski definition) is 1. The first kappa shape index (κ1) is 17.7. The number of carbonyl (C=O) groups excluding carboxylic acids is 1. The van der Waals surface area contributed by atoms with Crippen molar-refractivity contribution in [2.45, 2.75) is 26.3 Å². The van der Waals surface area contributed by atoms with Crippen LogP contribution in [0.3, 0.4) is 0 Å². The normalized spacial score (nSPS) is 10.7. The average molecular weight is 351 g/mol. The lowest BCUT2D eigenvalue weighted by Crippen LogP contribution is -2.25. The minimum atomic E-state index is -0.416. The molecule has 0 unspecified atom stereocenters. The molecule has 0 saturated carbocycles. The Kier molecular flexibility index (Phi) is 5.37. The van der Waals surface area contributed by atoms with Gasteiger partial charge in [-0.1, -0.05) is 25.1 Å². The highest BCUT2D eigenvalue weighted by atomic mass is 16.5. The molecule has 1 heterocycles. The Morgan fingerprint density at radius 1 is 1.08 bits per heavy atom. The molecular weight excluding hydrogens is 330 g/mol. The average Bonchev–Trinajstić information content (AvgIpc) is 2.66. The van der Waals surface area contributed by atoms with Crippen molar-refractivity contribution in [3.8, 4) is 5.75 Å². The number of methoxy groups -OCH3 is 1. The largest absolute Gasteiger partial charge is 0.497 e. The molecule has 0 radical (unpaired) electrons. The number of amides is 1. The van der Waals surface area contributed by atoms with E-state index in [1.54, 1.807) is 13.2 Å². The van der Waals surface area contributed by atoms with E-state index in [9.17, 15) is 9.59 Å². The van der Waals surface area contributed by atoms with Crippen LogP contribution in [0, 0.1) is 0 Å². The van der Waals surface area contributed by atoms with Crippen LogP contribution in [-0.2, 0) is 24.2 Å². The van der Waals surface area contributed by atoms with E-state index in [2.05, 4.69) is 12.2 Å². The molecule has 0 aliphatic carbocycles. The third-order valence-corrected chi connectivity index (χ3v) is 4.30. The van der Waals surface area contributed by atoms with E-state index in [4.69, 9.17) is 9.15 Å². The van der Waals surface area contributed by atoms with Crippen molar-refractivity contribution in [1.82, 2.24) is 5.32 Å². The van der Waals surface area contributed by atoms with E-state index >= 15 is 0 Å². The molecule has 1 N–H and O–H groups in total. The summed E-state index contributed by atoms with van der Waals surface area (Å²) in [6, 6.07) is 14.6. The van der Waals surface area contributed by atoms with Gasteiger partial charge in [0.25, 0.3) is 0 Å². The highest BCUT2D eigenvalue weighted by Crippen LogP contribution is 2.19. The molecule has 0 bridgehead atoms. The molecule has 0 spiro atoms. The number of nitrogens with one attached hydrogen (secondary N) is 1. The van der Waals surface area contributed by atoms with Gasteiger partial charge in [-0.3, -0.25) is 4.79 Å². The molecule has 0 fully saturated rings. The molecule has 0 aliphatic heterocycles. The van der Waals surface area contributed by atoms with Crippen LogP contribution < -0.4 is 15.7 Å². The van der Waals surface area contributed by atoms with Crippen molar-refractivity contribution in [2.75, 3.05) is 7.11 Å². The Morgan fingerprint density at radius 3 is 2.50 bits per heavy atom. The second-order valence-corrected chi connectivity index (χ2v) is 6.08. The predicted molar refractivity (Wildman–Crippen MR) is 100 cm³/mol. The molecule has 5 nitrogen and oxygen atoms in total. The smallest absolute Gasteiger partial charge is 0.336 e. The first-order chi connectivity index (χ1) is 12.6. The van der Waals surface area contributed by atoms with Gasteiger partial charge < -0.3 is 14.5 Å². The van der Waals surface area contributed by atoms with E-state index in [0.717, 1.165) is 34.2 Å². The second-order valence-electron chi connectivity index (χ2n) is 6.08. The number of aryl methyl sites for hydroxylation is 1. The summed E-state index contributed by atoms with van der Waals surface area (Å²) < 4.78 is 10.4. The molecular formula is C21H21NO4. The Labute approximate surface area is 151 Å². The molecule has 2 aromatic carbocycles. The van der Waals surface area contributed by atoms with Gasteiger partial charge in [-0.05, 0) is 47.4 Å². The maximum absolute atomic E-state index is 12.2. The summed E-state index contributed by atoms with van der Waals surface area (Å²) in [6.07, 6.45) is 1.15. The van der Waals surface area contributed by atoms with Gasteiger partial charge in [0.2, 0.25) is 5.91 Å². The second kappa shape index (κ2) is 7.87. The summed E-state index contributed by atoms with van der Waals surface area (Å²) in [5.41, 5.74) is 2.93. The van der Waals surface area contributed by atoms with Gasteiger partial charge in [0.1, 0.15) is 11.3 Å². The highest BCUT2D eigenvalue weighted by molar-refractivity contribution is 5.82. The quantitative estimate of drug-likeness (QED) is 0.693. The number of carbonyl (C=O) groups is 1. The van der Waals surface area contributed by atoms with Crippen molar-refractivity contribution >= 4 is 16.9 Å². The maximum atomic E-state index is 12.2. The summed E-state index contributed by atoms with van der Waals surface area (Å²) in [7, 11) is 1.60. The van der Waals surface area contributed by atoms with Gasteiger partial charge in [-0.2, -0.15) is 0 Å². The third-order valence-electron chi connectivity index (χ3n) is 4.30. The van der Waals surface area contributed by atoms with E-state index in [1.165, 1.54) is 6.07 Å². The van der Waals surface area contributed by atoms with E-state index in [0.29, 0.717) is 5.58 Å². The zero-order valence-corrected chi connectivity index (χ0v) is 14.9. The van der Waals surface area contributed by atoms with Crippen LogP contribution in [0.25, 0.3) is 11.0 Å². The summed E-state index contributed by atoms with van der Waals surface area (Å²) in [5.74, 6) is 0.645. The minimum Gasteiger partial charge on any atom is -0.497 e. The van der Waals surface area contributed by atoms with Crippen molar-refractivity contribution < 1.29 is 13.9 Å². The Morgan fingerprint density at radius 2 is 1.81 bits per heavy atom. The number of rotatable bonds is 6. The van der Waals surface area contributed by atoms with Gasteiger partial charge in [-0.15, -0.1) is 0 Å². The molecule has 3 rings (SSSR count). The number of hydrogen-bond acceptors (Lipinski definition) is 4. The number of fused-ring (bicyclic) bond motifs is 1. The molecule has 134 valence electrons. The molecule has 0 saturated heterocycles. The molecule has 1 aromatic heterocycles. The van der Waals surface area contributed by atoms with Gasteiger partial charge >= 0.3 is 5.63 Å². The maximum Gasteiger partial charge on any atom is 0.336 e. The summed E-state index contributed by atoms with van der Waals surface area (Å²) >= 11 is 0. The Hall–Kier alpha value is -3.08. The topological polar surface area (TPSA) is 68.5 Å². The van der Waals surface area contributed by atoms with Crippen LogP contribution in [0.15, 0.2) is 57.7 Å². The highest BCUT2D eigenvalue weighted by Gasteiger charge is 2.09. The molecule has 5 heteroatoms. The van der Waals surface area contributed by atoms with Gasteiger partial charge in [0.05, 0.1) is 13.5 Å². The van der Waals surface area contributed by atoms with Crippen LogP contribution >= 0.6 is 0 Å². The summed E-state index contributed by atoms with van der Waals surface area (Å²) in [6.45, 7) is 2.35. The van der Waals surface area contributed by atoms with Gasteiger partial charge in [0.15, 0.2) is 0 Å². The van der Waals surface area contributed by atoms with Gasteiger partial charge in [0, 0.05) is 18.0 Å².